The second-order valence-corrected chi connectivity index (χ2v) is 5.50. The maximum absolute atomic E-state index is 11.4. The van der Waals surface area contributed by atoms with E-state index in [1.165, 1.54) is 4.31 Å². The summed E-state index contributed by atoms with van der Waals surface area (Å²) in [7, 11) is -3.01. The Hall–Kier alpha value is -0.170. The minimum atomic E-state index is -3.01. The summed E-state index contributed by atoms with van der Waals surface area (Å²) in [5.74, 6) is 5.35. The van der Waals surface area contributed by atoms with Crippen LogP contribution < -0.4 is 5.90 Å². The van der Waals surface area contributed by atoms with Crippen molar-refractivity contribution in [2.75, 3.05) is 25.4 Å². The third-order valence-electron chi connectivity index (χ3n) is 2.34. The molecule has 1 atom stereocenters. The van der Waals surface area contributed by atoms with Gasteiger partial charge in [0.05, 0.1) is 12.4 Å². The Morgan fingerprint density at radius 1 is 1.62 bits per heavy atom. The molecule has 0 aromatic carbocycles. The van der Waals surface area contributed by atoms with E-state index in [-0.39, 0.29) is 11.7 Å². The first-order valence-corrected chi connectivity index (χ1v) is 6.00. The van der Waals surface area contributed by atoms with Crippen molar-refractivity contribution in [2.45, 2.75) is 13.3 Å². The van der Waals surface area contributed by atoms with Gasteiger partial charge in [-0.3, -0.25) is 0 Å². The summed E-state index contributed by atoms with van der Waals surface area (Å²) in [4.78, 5) is 4.50. The summed E-state index contributed by atoms with van der Waals surface area (Å²) in [5, 5.41) is 0. The van der Waals surface area contributed by atoms with E-state index < -0.39 is 10.0 Å². The predicted molar refractivity (Wildman–Crippen MR) is 49.3 cm³/mol. The number of sulfonamides is 1. The highest BCUT2D eigenvalue weighted by molar-refractivity contribution is 7.89. The molecule has 1 fully saturated rings. The van der Waals surface area contributed by atoms with Crippen LogP contribution in [0, 0.1) is 5.92 Å². The third-order valence-corrected chi connectivity index (χ3v) is 4.19. The molecule has 1 unspecified atom stereocenters. The maximum Gasteiger partial charge on any atom is 0.213 e. The Morgan fingerprint density at radius 2 is 2.31 bits per heavy atom. The summed E-state index contributed by atoms with van der Waals surface area (Å²) in [5.41, 5.74) is 0. The normalized spacial score (nSPS) is 25.2. The Kier molecular flexibility index (Phi) is 3.66. The van der Waals surface area contributed by atoms with Crippen LogP contribution in [0.3, 0.4) is 0 Å². The Bertz CT molecular complexity index is 252. The van der Waals surface area contributed by atoms with Gasteiger partial charge in [-0.15, -0.1) is 0 Å². The molecular formula is C7H16N2O3S. The molecule has 0 bridgehead atoms. The summed E-state index contributed by atoms with van der Waals surface area (Å²) in [6.45, 7) is 3.25. The van der Waals surface area contributed by atoms with E-state index >= 15 is 0 Å². The molecule has 1 aliphatic rings. The molecule has 78 valence electrons. The average molecular weight is 208 g/mol. The molecule has 1 rings (SSSR count). The molecule has 13 heavy (non-hydrogen) atoms. The van der Waals surface area contributed by atoms with E-state index in [4.69, 9.17) is 5.90 Å². The van der Waals surface area contributed by atoms with Gasteiger partial charge >= 0.3 is 0 Å². The summed E-state index contributed by atoms with van der Waals surface area (Å²) < 4.78 is 24.3. The molecular weight excluding hydrogens is 192 g/mol. The standard InChI is InChI=1S/C7H16N2O3S/c1-2-13(10,11)9-4-3-7(5-9)6-12-8/h7H,2-6,8H2,1H3. The topological polar surface area (TPSA) is 72.6 Å². The van der Waals surface area contributed by atoms with Gasteiger partial charge in [-0.25, -0.2) is 18.6 Å². The van der Waals surface area contributed by atoms with Crippen LogP contribution >= 0.6 is 0 Å². The summed E-state index contributed by atoms with van der Waals surface area (Å²) in [6, 6.07) is 0. The molecule has 1 saturated heterocycles. The van der Waals surface area contributed by atoms with Crippen LogP contribution in [-0.4, -0.2) is 38.2 Å². The highest BCUT2D eigenvalue weighted by atomic mass is 32.2. The third kappa shape index (κ3) is 2.63. The fourth-order valence-corrected chi connectivity index (χ4v) is 2.69. The summed E-state index contributed by atoms with van der Waals surface area (Å²) >= 11 is 0. The zero-order valence-corrected chi connectivity index (χ0v) is 8.59. The first-order valence-electron chi connectivity index (χ1n) is 4.39. The van der Waals surface area contributed by atoms with Crippen molar-refractivity contribution in [3.8, 4) is 0 Å². The zero-order chi connectivity index (χ0) is 9.90. The highest BCUT2D eigenvalue weighted by Gasteiger charge is 2.29. The van der Waals surface area contributed by atoms with Crippen LogP contribution in [0.4, 0.5) is 0 Å². The molecule has 0 aromatic heterocycles. The fraction of sp³-hybridized carbons (Fsp3) is 1.00. The zero-order valence-electron chi connectivity index (χ0n) is 7.77. The van der Waals surface area contributed by atoms with Crippen molar-refractivity contribution in [3.63, 3.8) is 0 Å². The molecule has 0 aliphatic carbocycles. The Labute approximate surface area is 78.9 Å². The first-order chi connectivity index (χ1) is 6.10. The van der Waals surface area contributed by atoms with Gasteiger partial charge in [0.25, 0.3) is 0 Å². The van der Waals surface area contributed by atoms with Gasteiger partial charge in [0.1, 0.15) is 0 Å². The van der Waals surface area contributed by atoms with Crippen molar-refractivity contribution >= 4 is 10.0 Å². The van der Waals surface area contributed by atoms with Crippen LogP contribution in [-0.2, 0) is 14.9 Å². The van der Waals surface area contributed by atoms with Gasteiger partial charge in [-0.1, -0.05) is 0 Å². The molecule has 5 nitrogen and oxygen atoms in total. The van der Waals surface area contributed by atoms with Crippen LogP contribution in [0.25, 0.3) is 0 Å². The molecule has 0 aromatic rings. The number of nitrogens with two attached hydrogens (primary N) is 1. The fourth-order valence-electron chi connectivity index (χ4n) is 1.50. The Morgan fingerprint density at radius 3 is 2.85 bits per heavy atom. The predicted octanol–water partition coefficient (Wildman–Crippen LogP) is -0.452. The monoisotopic (exact) mass is 208 g/mol. The van der Waals surface area contributed by atoms with Crippen molar-refractivity contribution in [1.82, 2.24) is 4.31 Å². The van der Waals surface area contributed by atoms with E-state index in [9.17, 15) is 8.42 Å². The number of nitrogens with zero attached hydrogens (tertiary/aromatic N) is 1. The largest absolute Gasteiger partial charge is 0.304 e. The molecule has 1 heterocycles. The lowest BCUT2D eigenvalue weighted by Gasteiger charge is -2.14. The van der Waals surface area contributed by atoms with Crippen molar-refractivity contribution in [3.05, 3.63) is 0 Å². The van der Waals surface area contributed by atoms with Crippen molar-refractivity contribution in [2.24, 2.45) is 11.8 Å². The van der Waals surface area contributed by atoms with E-state index in [0.29, 0.717) is 19.7 Å². The molecule has 1 aliphatic heterocycles. The summed E-state index contributed by atoms with van der Waals surface area (Å²) in [6.07, 6.45) is 0.844. The highest BCUT2D eigenvalue weighted by Crippen LogP contribution is 2.19. The van der Waals surface area contributed by atoms with Gasteiger partial charge in [0, 0.05) is 13.1 Å². The van der Waals surface area contributed by atoms with Crippen LogP contribution in [0.1, 0.15) is 13.3 Å². The molecule has 0 radical (unpaired) electrons. The number of hydrogen-bond acceptors (Lipinski definition) is 4. The quantitative estimate of drug-likeness (QED) is 0.635. The van der Waals surface area contributed by atoms with Gasteiger partial charge < -0.3 is 4.84 Å². The number of hydrogen-bond donors (Lipinski definition) is 1. The first kappa shape index (κ1) is 10.9. The maximum atomic E-state index is 11.4. The van der Waals surface area contributed by atoms with Crippen LogP contribution in [0.5, 0.6) is 0 Å². The van der Waals surface area contributed by atoms with Crippen molar-refractivity contribution in [1.29, 1.82) is 0 Å². The van der Waals surface area contributed by atoms with Gasteiger partial charge in [0.2, 0.25) is 10.0 Å². The second kappa shape index (κ2) is 4.36. The van der Waals surface area contributed by atoms with Crippen molar-refractivity contribution < 1.29 is 13.3 Å². The van der Waals surface area contributed by atoms with Crippen LogP contribution in [0.2, 0.25) is 0 Å². The van der Waals surface area contributed by atoms with Gasteiger partial charge in [0.15, 0.2) is 0 Å². The second-order valence-electron chi connectivity index (χ2n) is 3.25. The van der Waals surface area contributed by atoms with E-state index in [1.54, 1.807) is 6.92 Å². The van der Waals surface area contributed by atoms with E-state index in [0.717, 1.165) is 6.42 Å². The van der Waals surface area contributed by atoms with E-state index in [1.807, 2.05) is 0 Å². The van der Waals surface area contributed by atoms with Crippen LogP contribution in [0.15, 0.2) is 0 Å². The molecule has 0 spiro atoms. The molecule has 2 N–H and O–H groups in total. The Balaban J connectivity index is 2.50. The van der Waals surface area contributed by atoms with Gasteiger partial charge in [-0.2, -0.15) is 0 Å². The molecule has 0 saturated carbocycles. The van der Waals surface area contributed by atoms with Gasteiger partial charge in [-0.05, 0) is 19.3 Å². The lowest BCUT2D eigenvalue weighted by atomic mass is 10.1. The smallest absolute Gasteiger partial charge is 0.213 e. The minimum absolute atomic E-state index is 0.170. The van der Waals surface area contributed by atoms with E-state index in [2.05, 4.69) is 4.84 Å². The lowest BCUT2D eigenvalue weighted by molar-refractivity contribution is 0.106. The lowest BCUT2D eigenvalue weighted by Crippen LogP contribution is -2.30. The molecule has 6 heteroatoms. The molecule has 0 amide bonds. The average Bonchev–Trinajstić information content (AvgIpc) is 2.54. The SMILES string of the molecule is CCS(=O)(=O)N1CCC(CON)C1. The number of rotatable bonds is 4. The minimum Gasteiger partial charge on any atom is -0.304 e.